The molecule has 1 aromatic heterocycles. The van der Waals surface area contributed by atoms with Crippen molar-refractivity contribution in [1.82, 2.24) is 9.55 Å². The van der Waals surface area contributed by atoms with Gasteiger partial charge in [0, 0.05) is 18.9 Å². The van der Waals surface area contributed by atoms with E-state index in [1.165, 1.54) is 23.9 Å². The number of hydrogen-bond donors (Lipinski definition) is 0. The maximum absolute atomic E-state index is 5.93. The zero-order valence-electron chi connectivity index (χ0n) is 11.9. The molecule has 0 aliphatic carbocycles. The molecular formula is C16H21ClN2O. The van der Waals surface area contributed by atoms with Crippen LogP contribution in [-0.4, -0.2) is 28.1 Å². The molecule has 0 bridgehead atoms. The van der Waals surface area contributed by atoms with E-state index in [-0.39, 0.29) is 0 Å². The van der Waals surface area contributed by atoms with E-state index >= 15 is 0 Å². The molecule has 1 saturated heterocycles. The molecule has 0 radical (unpaired) electrons. The predicted octanol–water partition coefficient (Wildman–Crippen LogP) is 3.70. The average Bonchev–Trinajstić information content (AvgIpc) is 2.78. The third kappa shape index (κ3) is 2.84. The van der Waals surface area contributed by atoms with E-state index in [4.69, 9.17) is 21.3 Å². The summed E-state index contributed by atoms with van der Waals surface area (Å²) in [7, 11) is 0. The van der Waals surface area contributed by atoms with E-state index in [0.29, 0.717) is 12.0 Å². The molecule has 3 rings (SSSR count). The van der Waals surface area contributed by atoms with Crippen molar-refractivity contribution in [2.75, 3.05) is 12.5 Å². The summed E-state index contributed by atoms with van der Waals surface area (Å²) < 4.78 is 8.19. The summed E-state index contributed by atoms with van der Waals surface area (Å²) in [4.78, 5) is 4.73. The Morgan fingerprint density at radius 2 is 2.30 bits per heavy atom. The fraction of sp³-hybridized carbons (Fsp3) is 0.562. The molecule has 1 aromatic carbocycles. The van der Waals surface area contributed by atoms with Crippen molar-refractivity contribution >= 4 is 22.6 Å². The smallest absolute Gasteiger partial charge is 0.111 e. The average molecular weight is 293 g/mol. The van der Waals surface area contributed by atoms with Crippen LogP contribution in [0.25, 0.3) is 11.0 Å². The first kappa shape index (κ1) is 13.9. The molecule has 0 saturated carbocycles. The Kier molecular flexibility index (Phi) is 4.27. The van der Waals surface area contributed by atoms with Gasteiger partial charge in [0.05, 0.1) is 23.7 Å². The van der Waals surface area contributed by atoms with Gasteiger partial charge in [0.1, 0.15) is 5.82 Å². The maximum atomic E-state index is 5.93. The van der Waals surface area contributed by atoms with Crippen LogP contribution in [0.2, 0.25) is 0 Å². The van der Waals surface area contributed by atoms with Crippen molar-refractivity contribution in [3.05, 3.63) is 29.6 Å². The van der Waals surface area contributed by atoms with Crippen LogP contribution in [0.4, 0.5) is 0 Å². The summed E-state index contributed by atoms with van der Waals surface area (Å²) in [6, 6.07) is 6.42. The van der Waals surface area contributed by atoms with Gasteiger partial charge in [0.25, 0.3) is 0 Å². The van der Waals surface area contributed by atoms with Crippen molar-refractivity contribution in [2.45, 2.75) is 45.3 Å². The number of ether oxygens (including phenoxy) is 1. The molecule has 4 heteroatoms. The Labute approximate surface area is 124 Å². The fourth-order valence-electron chi connectivity index (χ4n) is 2.92. The van der Waals surface area contributed by atoms with Gasteiger partial charge in [0.15, 0.2) is 0 Å². The van der Waals surface area contributed by atoms with Gasteiger partial charge >= 0.3 is 0 Å². The minimum absolute atomic E-state index is 0.315. The molecule has 3 nitrogen and oxygen atoms in total. The number of imidazole rings is 1. The first-order chi connectivity index (χ1) is 9.78. The van der Waals surface area contributed by atoms with Gasteiger partial charge in [-0.2, -0.15) is 0 Å². The van der Waals surface area contributed by atoms with Crippen LogP contribution in [0.1, 0.15) is 30.7 Å². The Hall–Kier alpha value is -1.06. The maximum Gasteiger partial charge on any atom is 0.111 e. The SMILES string of the molecule is Cc1ccc2nc(CCCl)n(CC3CCCCO3)c2c1. The van der Waals surface area contributed by atoms with Crippen LogP contribution in [0.15, 0.2) is 18.2 Å². The molecular weight excluding hydrogens is 272 g/mol. The summed E-state index contributed by atoms with van der Waals surface area (Å²) in [6.45, 7) is 3.91. The number of hydrogen-bond acceptors (Lipinski definition) is 2. The molecule has 20 heavy (non-hydrogen) atoms. The molecule has 2 aromatic rings. The second kappa shape index (κ2) is 6.15. The quantitative estimate of drug-likeness (QED) is 0.804. The monoisotopic (exact) mass is 292 g/mol. The van der Waals surface area contributed by atoms with Crippen LogP contribution in [0.3, 0.4) is 0 Å². The van der Waals surface area contributed by atoms with Crippen molar-refractivity contribution in [2.24, 2.45) is 0 Å². The lowest BCUT2D eigenvalue weighted by atomic mass is 10.1. The second-order valence-corrected chi connectivity index (χ2v) is 5.94. The first-order valence-corrected chi connectivity index (χ1v) is 7.94. The van der Waals surface area contributed by atoms with Gasteiger partial charge < -0.3 is 9.30 Å². The summed E-state index contributed by atoms with van der Waals surface area (Å²) in [5.74, 6) is 1.68. The van der Waals surface area contributed by atoms with Crippen molar-refractivity contribution < 1.29 is 4.74 Å². The standard InChI is InChI=1S/C16H21ClN2O/c1-12-5-6-14-15(10-12)19(16(18-14)7-8-17)11-13-4-2-3-9-20-13/h5-6,10,13H,2-4,7-9,11H2,1H3. The Bertz CT molecular complexity index is 587. The van der Waals surface area contributed by atoms with E-state index < -0.39 is 0 Å². The first-order valence-electron chi connectivity index (χ1n) is 7.41. The minimum atomic E-state index is 0.315. The number of nitrogens with zero attached hydrogens (tertiary/aromatic N) is 2. The molecule has 2 heterocycles. The molecule has 108 valence electrons. The van der Waals surface area contributed by atoms with Gasteiger partial charge in [-0.1, -0.05) is 6.07 Å². The van der Waals surface area contributed by atoms with E-state index in [2.05, 4.69) is 29.7 Å². The predicted molar refractivity (Wildman–Crippen MR) is 82.5 cm³/mol. The zero-order valence-corrected chi connectivity index (χ0v) is 12.7. The van der Waals surface area contributed by atoms with Crippen LogP contribution >= 0.6 is 11.6 Å². The number of alkyl halides is 1. The highest BCUT2D eigenvalue weighted by molar-refractivity contribution is 6.17. The number of rotatable bonds is 4. The molecule has 0 N–H and O–H groups in total. The van der Waals surface area contributed by atoms with Gasteiger partial charge in [-0.25, -0.2) is 4.98 Å². The van der Waals surface area contributed by atoms with Crippen molar-refractivity contribution in [3.63, 3.8) is 0 Å². The normalized spacial score (nSPS) is 19.6. The van der Waals surface area contributed by atoms with Gasteiger partial charge in [-0.15, -0.1) is 11.6 Å². The van der Waals surface area contributed by atoms with Crippen molar-refractivity contribution in [3.8, 4) is 0 Å². The van der Waals surface area contributed by atoms with Crippen molar-refractivity contribution in [1.29, 1.82) is 0 Å². The lowest BCUT2D eigenvalue weighted by Gasteiger charge is -2.24. The topological polar surface area (TPSA) is 27.1 Å². The fourth-order valence-corrected chi connectivity index (χ4v) is 3.09. The van der Waals surface area contributed by atoms with Crippen LogP contribution in [0, 0.1) is 6.92 Å². The lowest BCUT2D eigenvalue weighted by Crippen LogP contribution is -2.25. The summed E-state index contributed by atoms with van der Waals surface area (Å²) in [6.07, 6.45) is 4.72. The van der Waals surface area contributed by atoms with Crippen LogP contribution in [-0.2, 0) is 17.7 Å². The molecule has 0 amide bonds. The van der Waals surface area contributed by atoms with Crippen LogP contribution in [0.5, 0.6) is 0 Å². The van der Waals surface area contributed by atoms with Gasteiger partial charge in [0.2, 0.25) is 0 Å². The Morgan fingerprint density at radius 3 is 3.05 bits per heavy atom. The second-order valence-electron chi connectivity index (χ2n) is 5.56. The lowest BCUT2D eigenvalue weighted by molar-refractivity contribution is 0.00621. The number of halogens is 1. The molecule has 1 unspecified atom stereocenters. The molecule has 1 aliphatic heterocycles. The number of aryl methyl sites for hydroxylation is 2. The van der Waals surface area contributed by atoms with E-state index in [1.54, 1.807) is 0 Å². The third-order valence-corrected chi connectivity index (χ3v) is 4.15. The van der Waals surface area contributed by atoms with Gasteiger partial charge in [-0.05, 0) is 43.9 Å². The summed E-state index contributed by atoms with van der Waals surface area (Å²) >= 11 is 5.93. The summed E-state index contributed by atoms with van der Waals surface area (Å²) in [5, 5.41) is 0. The Balaban J connectivity index is 1.96. The molecule has 1 atom stereocenters. The van der Waals surface area contributed by atoms with E-state index in [9.17, 15) is 0 Å². The highest BCUT2D eigenvalue weighted by atomic mass is 35.5. The minimum Gasteiger partial charge on any atom is -0.376 e. The molecule has 0 spiro atoms. The number of aromatic nitrogens is 2. The highest BCUT2D eigenvalue weighted by Crippen LogP contribution is 2.22. The van der Waals surface area contributed by atoms with Gasteiger partial charge in [-0.3, -0.25) is 0 Å². The van der Waals surface area contributed by atoms with E-state index in [0.717, 1.165) is 37.3 Å². The molecule has 1 aliphatic rings. The zero-order chi connectivity index (χ0) is 13.9. The Morgan fingerprint density at radius 1 is 1.40 bits per heavy atom. The van der Waals surface area contributed by atoms with E-state index in [1.807, 2.05) is 0 Å². The largest absolute Gasteiger partial charge is 0.376 e. The summed E-state index contributed by atoms with van der Waals surface area (Å²) in [5.41, 5.74) is 3.53. The number of fused-ring (bicyclic) bond motifs is 1. The highest BCUT2D eigenvalue weighted by Gasteiger charge is 2.18. The number of benzene rings is 1. The molecule has 1 fully saturated rings. The third-order valence-electron chi connectivity index (χ3n) is 3.96. The van der Waals surface area contributed by atoms with Crippen LogP contribution < -0.4 is 0 Å².